The Bertz CT molecular complexity index is 664. The highest BCUT2D eigenvalue weighted by Gasteiger charge is 2.18. The van der Waals surface area contributed by atoms with Gasteiger partial charge >= 0.3 is 0 Å². The second-order valence-corrected chi connectivity index (χ2v) is 7.38. The molecule has 0 N–H and O–H groups in total. The minimum Gasteiger partial charge on any atom is -0.306 e. The number of thioether (sulfide) groups is 1. The van der Waals surface area contributed by atoms with Crippen LogP contribution in [0.2, 0.25) is 0 Å². The molecule has 1 unspecified atom stereocenters. The molecule has 0 radical (unpaired) electrons. The standard InChI is InChI=1S/C14H19N3OS2/c1-16-6-3-4-10(8-16)9-20-14-15-11-5-7-19-12(11)13(18)17(14)2/h5,7,10H,3-4,6,8-9H2,1-2H3. The molecule has 1 fully saturated rings. The minimum absolute atomic E-state index is 0.0771. The van der Waals surface area contributed by atoms with Crippen molar-refractivity contribution in [2.75, 3.05) is 25.9 Å². The Morgan fingerprint density at radius 1 is 1.50 bits per heavy atom. The molecule has 2 aromatic rings. The van der Waals surface area contributed by atoms with Crippen molar-refractivity contribution < 1.29 is 0 Å². The second-order valence-electron chi connectivity index (χ2n) is 5.48. The van der Waals surface area contributed by atoms with Crippen LogP contribution in [-0.4, -0.2) is 40.3 Å². The van der Waals surface area contributed by atoms with Gasteiger partial charge in [-0.3, -0.25) is 9.36 Å². The molecular formula is C14H19N3OS2. The zero-order valence-electron chi connectivity index (χ0n) is 11.8. The van der Waals surface area contributed by atoms with Crippen molar-refractivity contribution in [3.05, 3.63) is 21.8 Å². The van der Waals surface area contributed by atoms with E-state index >= 15 is 0 Å². The molecular weight excluding hydrogens is 290 g/mol. The molecule has 0 amide bonds. The highest BCUT2D eigenvalue weighted by Crippen LogP contribution is 2.25. The fourth-order valence-corrected chi connectivity index (χ4v) is 4.60. The molecule has 0 aliphatic carbocycles. The first-order valence-electron chi connectivity index (χ1n) is 6.90. The van der Waals surface area contributed by atoms with Crippen molar-refractivity contribution in [1.29, 1.82) is 0 Å². The summed E-state index contributed by atoms with van der Waals surface area (Å²) in [7, 11) is 4.01. The lowest BCUT2D eigenvalue weighted by molar-refractivity contribution is 0.224. The van der Waals surface area contributed by atoms with E-state index in [0.717, 1.165) is 27.7 Å². The molecule has 1 saturated heterocycles. The third-order valence-electron chi connectivity index (χ3n) is 3.82. The van der Waals surface area contributed by atoms with Crippen molar-refractivity contribution >= 4 is 33.3 Å². The lowest BCUT2D eigenvalue weighted by atomic mass is 10.0. The van der Waals surface area contributed by atoms with Gasteiger partial charge in [0.1, 0.15) is 4.70 Å². The van der Waals surface area contributed by atoms with Crippen LogP contribution in [0.3, 0.4) is 0 Å². The lowest BCUT2D eigenvalue weighted by Crippen LogP contribution is -2.33. The van der Waals surface area contributed by atoms with E-state index in [1.807, 2.05) is 18.5 Å². The topological polar surface area (TPSA) is 38.1 Å². The molecule has 3 heterocycles. The van der Waals surface area contributed by atoms with Gasteiger partial charge in [0, 0.05) is 19.3 Å². The Labute approximate surface area is 126 Å². The summed E-state index contributed by atoms with van der Waals surface area (Å²) in [5.74, 6) is 1.74. The van der Waals surface area contributed by atoms with Gasteiger partial charge in [-0.25, -0.2) is 4.98 Å². The predicted molar refractivity (Wildman–Crippen MR) is 85.8 cm³/mol. The number of piperidine rings is 1. The fraction of sp³-hybridized carbons (Fsp3) is 0.571. The van der Waals surface area contributed by atoms with Crippen molar-refractivity contribution in [3.8, 4) is 0 Å². The van der Waals surface area contributed by atoms with Gasteiger partial charge in [-0.15, -0.1) is 11.3 Å². The summed E-state index contributed by atoms with van der Waals surface area (Å²) < 4.78 is 2.45. The van der Waals surface area contributed by atoms with E-state index in [1.54, 1.807) is 16.3 Å². The largest absolute Gasteiger partial charge is 0.306 e. The lowest BCUT2D eigenvalue weighted by Gasteiger charge is -2.29. The normalized spacial score (nSPS) is 20.6. The Kier molecular flexibility index (Phi) is 4.14. The summed E-state index contributed by atoms with van der Waals surface area (Å²) in [6.45, 7) is 2.36. The number of nitrogens with zero attached hydrogens (tertiary/aromatic N) is 3. The maximum absolute atomic E-state index is 12.2. The maximum Gasteiger partial charge on any atom is 0.271 e. The third-order valence-corrected chi connectivity index (χ3v) is 5.97. The quantitative estimate of drug-likeness (QED) is 0.645. The number of thiophene rings is 1. The van der Waals surface area contributed by atoms with Gasteiger partial charge in [-0.2, -0.15) is 0 Å². The van der Waals surface area contributed by atoms with E-state index in [2.05, 4.69) is 16.9 Å². The number of hydrogen-bond acceptors (Lipinski definition) is 5. The van der Waals surface area contributed by atoms with Crippen molar-refractivity contribution in [3.63, 3.8) is 0 Å². The van der Waals surface area contributed by atoms with E-state index in [0.29, 0.717) is 5.92 Å². The summed E-state index contributed by atoms with van der Waals surface area (Å²) in [5.41, 5.74) is 0.912. The minimum atomic E-state index is 0.0771. The van der Waals surface area contributed by atoms with Crippen LogP contribution in [0, 0.1) is 5.92 Å². The van der Waals surface area contributed by atoms with Gasteiger partial charge in [-0.05, 0) is 43.8 Å². The molecule has 6 heteroatoms. The van der Waals surface area contributed by atoms with Gasteiger partial charge in [0.15, 0.2) is 5.16 Å². The van der Waals surface area contributed by atoms with E-state index in [4.69, 9.17) is 0 Å². The predicted octanol–water partition coefficient (Wildman–Crippen LogP) is 2.43. The summed E-state index contributed by atoms with van der Waals surface area (Å²) >= 11 is 3.19. The van der Waals surface area contributed by atoms with Crippen LogP contribution >= 0.6 is 23.1 Å². The van der Waals surface area contributed by atoms with Crippen LogP contribution in [-0.2, 0) is 7.05 Å². The van der Waals surface area contributed by atoms with Gasteiger partial charge in [0.2, 0.25) is 0 Å². The van der Waals surface area contributed by atoms with Crippen LogP contribution in [0.5, 0.6) is 0 Å². The molecule has 1 aliphatic rings. The SMILES string of the molecule is CN1CCCC(CSc2nc3ccsc3c(=O)n2C)C1. The average Bonchev–Trinajstić information content (AvgIpc) is 2.90. The van der Waals surface area contributed by atoms with Crippen molar-refractivity contribution in [2.24, 2.45) is 13.0 Å². The summed E-state index contributed by atoms with van der Waals surface area (Å²) in [5, 5.41) is 2.78. The molecule has 2 aromatic heterocycles. The van der Waals surface area contributed by atoms with Crippen LogP contribution in [0.4, 0.5) is 0 Å². The molecule has 20 heavy (non-hydrogen) atoms. The van der Waals surface area contributed by atoms with Crippen molar-refractivity contribution in [1.82, 2.24) is 14.5 Å². The maximum atomic E-state index is 12.2. The first-order chi connectivity index (χ1) is 9.65. The van der Waals surface area contributed by atoms with Crippen LogP contribution < -0.4 is 5.56 Å². The van der Waals surface area contributed by atoms with Gasteiger partial charge in [0.25, 0.3) is 5.56 Å². The average molecular weight is 309 g/mol. The van der Waals surface area contributed by atoms with Gasteiger partial charge < -0.3 is 4.90 Å². The van der Waals surface area contributed by atoms with E-state index in [-0.39, 0.29) is 5.56 Å². The summed E-state index contributed by atoms with van der Waals surface area (Å²) in [6.07, 6.45) is 2.56. The van der Waals surface area contributed by atoms with E-state index in [1.165, 1.54) is 30.7 Å². The summed E-state index contributed by atoms with van der Waals surface area (Å²) in [6, 6.07) is 1.93. The van der Waals surface area contributed by atoms with Gasteiger partial charge in [0.05, 0.1) is 5.52 Å². The smallest absolute Gasteiger partial charge is 0.271 e. The zero-order valence-corrected chi connectivity index (χ0v) is 13.5. The molecule has 0 saturated carbocycles. The highest BCUT2D eigenvalue weighted by molar-refractivity contribution is 7.99. The highest BCUT2D eigenvalue weighted by atomic mass is 32.2. The molecule has 3 rings (SSSR count). The second kappa shape index (κ2) is 5.87. The number of aromatic nitrogens is 2. The van der Waals surface area contributed by atoms with Crippen molar-refractivity contribution in [2.45, 2.75) is 18.0 Å². The Hall–Kier alpha value is -0.850. The number of hydrogen-bond donors (Lipinski definition) is 0. The molecule has 108 valence electrons. The fourth-order valence-electron chi connectivity index (χ4n) is 2.70. The number of likely N-dealkylation sites (tertiary alicyclic amines) is 1. The van der Waals surface area contributed by atoms with Crippen LogP contribution in [0.15, 0.2) is 21.4 Å². The van der Waals surface area contributed by atoms with E-state index < -0.39 is 0 Å². The zero-order chi connectivity index (χ0) is 14.1. The molecule has 1 aliphatic heterocycles. The third kappa shape index (κ3) is 2.77. The molecule has 0 spiro atoms. The summed E-state index contributed by atoms with van der Waals surface area (Å²) in [4.78, 5) is 19.2. The molecule has 4 nitrogen and oxygen atoms in total. The molecule has 1 atom stereocenters. The molecule has 0 bridgehead atoms. The number of fused-ring (bicyclic) bond motifs is 1. The van der Waals surface area contributed by atoms with E-state index in [9.17, 15) is 4.79 Å². The first kappa shape index (κ1) is 14.1. The van der Waals surface area contributed by atoms with Crippen LogP contribution in [0.1, 0.15) is 12.8 Å². The Balaban J connectivity index is 1.77. The molecule has 0 aromatic carbocycles. The number of rotatable bonds is 3. The Morgan fingerprint density at radius 3 is 3.15 bits per heavy atom. The monoisotopic (exact) mass is 309 g/mol. The van der Waals surface area contributed by atoms with Gasteiger partial charge in [-0.1, -0.05) is 11.8 Å². The Morgan fingerprint density at radius 2 is 2.35 bits per heavy atom. The first-order valence-corrected chi connectivity index (χ1v) is 8.77. The van der Waals surface area contributed by atoms with Crippen LogP contribution in [0.25, 0.3) is 10.2 Å².